The lowest BCUT2D eigenvalue weighted by Crippen LogP contribution is -2.32. The van der Waals surface area contributed by atoms with Gasteiger partial charge in [0.15, 0.2) is 0 Å². The highest BCUT2D eigenvalue weighted by atomic mass is 19.1. The van der Waals surface area contributed by atoms with E-state index in [1.165, 1.54) is 24.3 Å². The van der Waals surface area contributed by atoms with Gasteiger partial charge in [0.2, 0.25) is 5.91 Å². The predicted octanol–water partition coefficient (Wildman–Crippen LogP) is 3.32. The lowest BCUT2D eigenvalue weighted by atomic mass is 10.1. The van der Waals surface area contributed by atoms with Gasteiger partial charge in [0, 0.05) is 24.7 Å². The second-order valence-electron chi connectivity index (χ2n) is 5.85. The number of hydrogen-bond acceptors (Lipinski definition) is 4. The van der Waals surface area contributed by atoms with Crippen LogP contribution in [0.25, 0.3) is 0 Å². The summed E-state index contributed by atoms with van der Waals surface area (Å²) in [4.78, 5) is 29.6. The second kappa shape index (κ2) is 10.2. The molecule has 138 valence electrons. The third kappa shape index (κ3) is 5.93. The number of rotatable bonds is 9. The molecule has 0 unspecified atom stereocenters. The summed E-state index contributed by atoms with van der Waals surface area (Å²) in [6.07, 6.45) is 4.95. The van der Waals surface area contributed by atoms with E-state index in [-0.39, 0.29) is 12.3 Å². The van der Waals surface area contributed by atoms with E-state index in [0.29, 0.717) is 24.3 Å². The van der Waals surface area contributed by atoms with Gasteiger partial charge in [-0.3, -0.25) is 19.7 Å². The zero-order valence-corrected chi connectivity index (χ0v) is 14.4. The molecule has 2 aromatic rings. The van der Waals surface area contributed by atoms with Crippen LogP contribution >= 0.6 is 0 Å². The van der Waals surface area contributed by atoms with E-state index >= 15 is 0 Å². The van der Waals surface area contributed by atoms with Crippen LogP contribution in [0.15, 0.2) is 48.7 Å². The summed E-state index contributed by atoms with van der Waals surface area (Å²) >= 11 is 0. The summed E-state index contributed by atoms with van der Waals surface area (Å²) in [5, 5.41) is 8.45. The lowest BCUT2D eigenvalue weighted by Gasteiger charge is -2.22. The molecule has 0 fully saturated rings. The molecule has 1 aromatic heterocycles. The minimum Gasteiger partial charge on any atom is -0.293 e. The number of halogens is 1. The average Bonchev–Trinajstić information content (AvgIpc) is 2.68. The predicted molar refractivity (Wildman–Crippen MR) is 95.3 cm³/mol. The molecule has 6 nitrogen and oxygen atoms in total. The van der Waals surface area contributed by atoms with Crippen LogP contribution in [0.3, 0.4) is 0 Å². The molecule has 0 radical (unpaired) electrons. The number of carbonyl (C=O) groups is 2. The van der Waals surface area contributed by atoms with E-state index in [4.69, 9.17) is 5.21 Å². The molecule has 7 heteroatoms. The number of nitrogens with zero attached hydrogens (tertiary/aromatic N) is 2. The van der Waals surface area contributed by atoms with Crippen LogP contribution in [0, 0.1) is 5.82 Å². The Bertz CT molecular complexity index is 708. The summed E-state index contributed by atoms with van der Waals surface area (Å²) in [5.74, 6) is -0.478. The topological polar surface area (TPSA) is 82.5 Å². The molecule has 0 aliphatic carbocycles. The molecule has 2 rings (SSSR count). The van der Waals surface area contributed by atoms with Crippen LogP contribution in [0.1, 0.15) is 42.5 Å². The fourth-order valence-corrected chi connectivity index (χ4v) is 2.55. The van der Waals surface area contributed by atoms with Crippen LogP contribution in [0.5, 0.6) is 0 Å². The number of hydroxylamine groups is 1. The first kappa shape index (κ1) is 19.5. The number of nitrogens with one attached hydrogen (secondary N) is 1. The van der Waals surface area contributed by atoms with E-state index in [0.717, 1.165) is 19.3 Å². The van der Waals surface area contributed by atoms with E-state index in [9.17, 15) is 14.0 Å². The van der Waals surface area contributed by atoms with Crippen LogP contribution in [-0.2, 0) is 4.79 Å². The van der Waals surface area contributed by atoms with Gasteiger partial charge in [-0.1, -0.05) is 18.9 Å². The molecule has 0 saturated heterocycles. The number of aromatic nitrogens is 1. The van der Waals surface area contributed by atoms with Crippen LogP contribution < -0.4 is 10.4 Å². The largest absolute Gasteiger partial charge is 0.293 e. The molecule has 0 saturated carbocycles. The Balaban J connectivity index is 1.95. The summed E-state index contributed by atoms with van der Waals surface area (Å²) < 4.78 is 13.1. The average molecular weight is 359 g/mol. The van der Waals surface area contributed by atoms with Crippen molar-refractivity contribution in [3.63, 3.8) is 0 Å². The molecule has 0 aliphatic heterocycles. The molecule has 0 atom stereocenters. The zero-order valence-electron chi connectivity index (χ0n) is 14.4. The number of hydrogen-bond donors (Lipinski definition) is 2. The molecule has 0 aliphatic rings. The zero-order chi connectivity index (χ0) is 18.8. The van der Waals surface area contributed by atoms with Gasteiger partial charge in [-0.2, -0.15) is 0 Å². The maximum Gasteiger partial charge on any atom is 0.259 e. The Labute approximate surface area is 151 Å². The van der Waals surface area contributed by atoms with Crippen molar-refractivity contribution in [3.8, 4) is 0 Å². The van der Waals surface area contributed by atoms with E-state index < -0.39 is 11.7 Å². The molecule has 0 bridgehead atoms. The molecule has 2 amide bonds. The number of unbranched alkanes of at least 4 members (excludes halogenated alkanes) is 3. The van der Waals surface area contributed by atoms with Crippen LogP contribution in [0.2, 0.25) is 0 Å². The molecule has 0 spiro atoms. The van der Waals surface area contributed by atoms with Gasteiger partial charge in [-0.25, -0.2) is 14.9 Å². The summed E-state index contributed by atoms with van der Waals surface area (Å²) in [6.45, 7) is 0.472. The van der Waals surface area contributed by atoms with E-state index in [1.54, 1.807) is 34.8 Å². The second-order valence-corrected chi connectivity index (χ2v) is 5.85. The van der Waals surface area contributed by atoms with Gasteiger partial charge >= 0.3 is 0 Å². The van der Waals surface area contributed by atoms with Crippen molar-refractivity contribution in [2.24, 2.45) is 0 Å². The Morgan fingerprint density at radius 1 is 1.04 bits per heavy atom. The van der Waals surface area contributed by atoms with E-state index in [1.807, 2.05) is 0 Å². The first-order valence-electron chi connectivity index (χ1n) is 8.53. The maximum atomic E-state index is 13.1. The first-order valence-corrected chi connectivity index (χ1v) is 8.53. The van der Waals surface area contributed by atoms with Crippen molar-refractivity contribution in [1.82, 2.24) is 10.5 Å². The molecular formula is C19H22FN3O3. The highest BCUT2D eigenvalue weighted by Crippen LogP contribution is 2.16. The maximum absolute atomic E-state index is 13.1. The Kier molecular flexibility index (Phi) is 7.70. The lowest BCUT2D eigenvalue weighted by molar-refractivity contribution is -0.129. The normalized spacial score (nSPS) is 10.4. The number of amides is 2. The third-order valence-electron chi connectivity index (χ3n) is 3.92. The SMILES string of the molecule is O=C(CCCCCCN(C(=O)c1ccc(F)cc1)c1ccccn1)NO. The van der Waals surface area contributed by atoms with Crippen molar-refractivity contribution in [1.29, 1.82) is 0 Å². The minimum absolute atomic E-state index is 0.233. The van der Waals surface area contributed by atoms with Crippen molar-refractivity contribution in [3.05, 3.63) is 60.0 Å². The van der Waals surface area contributed by atoms with Crippen molar-refractivity contribution >= 4 is 17.6 Å². The molecule has 26 heavy (non-hydrogen) atoms. The third-order valence-corrected chi connectivity index (χ3v) is 3.92. The van der Waals surface area contributed by atoms with Gasteiger partial charge in [0.25, 0.3) is 5.91 Å². The highest BCUT2D eigenvalue weighted by Gasteiger charge is 2.18. The Hall–Kier alpha value is -2.80. The fourth-order valence-electron chi connectivity index (χ4n) is 2.55. The molecule has 2 N–H and O–H groups in total. The number of carbonyl (C=O) groups excluding carboxylic acids is 2. The van der Waals surface area contributed by atoms with Crippen molar-refractivity contribution in [2.75, 3.05) is 11.4 Å². The van der Waals surface area contributed by atoms with Gasteiger partial charge in [0.1, 0.15) is 11.6 Å². The molecular weight excluding hydrogens is 337 g/mol. The summed E-state index contributed by atoms with van der Waals surface area (Å²) in [7, 11) is 0. The summed E-state index contributed by atoms with van der Waals surface area (Å²) in [5.41, 5.74) is 2.01. The Morgan fingerprint density at radius 3 is 2.42 bits per heavy atom. The standard InChI is InChI=1S/C19H22FN3O3/c20-16-11-9-15(10-12-16)19(25)23(17-7-4-5-13-21-17)14-6-2-1-3-8-18(24)22-26/h4-5,7,9-13,26H,1-3,6,8,14H2,(H,22,24). The monoisotopic (exact) mass is 359 g/mol. The van der Waals surface area contributed by atoms with Crippen molar-refractivity contribution < 1.29 is 19.2 Å². The quantitative estimate of drug-likeness (QED) is 0.409. The van der Waals surface area contributed by atoms with Crippen LogP contribution in [-0.4, -0.2) is 28.6 Å². The minimum atomic E-state index is -0.397. The molecule has 1 heterocycles. The number of pyridine rings is 1. The Morgan fingerprint density at radius 2 is 1.77 bits per heavy atom. The molecule has 1 aromatic carbocycles. The van der Waals surface area contributed by atoms with E-state index in [2.05, 4.69) is 4.98 Å². The van der Waals surface area contributed by atoms with Crippen LogP contribution in [0.4, 0.5) is 10.2 Å². The van der Waals surface area contributed by atoms with Gasteiger partial charge in [0.05, 0.1) is 0 Å². The highest BCUT2D eigenvalue weighted by molar-refractivity contribution is 6.05. The number of benzene rings is 1. The fraction of sp³-hybridized carbons (Fsp3) is 0.316. The smallest absolute Gasteiger partial charge is 0.259 e. The van der Waals surface area contributed by atoms with Gasteiger partial charge < -0.3 is 0 Å². The van der Waals surface area contributed by atoms with Gasteiger partial charge in [-0.05, 0) is 49.2 Å². The van der Waals surface area contributed by atoms with Crippen molar-refractivity contribution in [2.45, 2.75) is 32.1 Å². The first-order chi connectivity index (χ1) is 12.6. The number of anilines is 1. The summed E-state index contributed by atoms with van der Waals surface area (Å²) in [6, 6.07) is 10.8. The van der Waals surface area contributed by atoms with Gasteiger partial charge in [-0.15, -0.1) is 0 Å².